The second kappa shape index (κ2) is 8.33. The number of nitrogens with two attached hydrogens (primary N) is 1. The molecule has 1 aliphatic heterocycles. The summed E-state index contributed by atoms with van der Waals surface area (Å²) in [4.78, 5) is 31.0. The van der Waals surface area contributed by atoms with Crippen LogP contribution in [-0.2, 0) is 9.59 Å². The monoisotopic (exact) mass is 433 g/mol. The molecule has 4 N–H and O–H groups in total. The van der Waals surface area contributed by atoms with E-state index in [-0.39, 0.29) is 17.9 Å². The van der Waals surface area contributed by atoms with E-state index >= 15 is 0 Å². The van der Waals surface area contributed by atoms with Gasteiger partial charge in [0.25, 0.3) is 0 Å². The van der Waals surface area contributed by atoms with Crippen molar-refractivity contribution in [3.8, 4) is 0 Å². The quantitative estimate of drug-likeness (QED) is 0.674. The number of carbonyl (C=O) groups is 2. The number of hydrogen-bond acceptors (Lipinski definition) is 5. The van der Waals surface area contributed by atoms with Crippen LogP contribution in [0.3, 0.4) is 0 Å². The molecular weight excluding hydrogens is 410 g/mol. The number of nitrogens with zero attached hydrogens (tertiary/aromatic N) is 2. The molecule has 0 aliphatic carbocycles. The van der Waals surface area contributed by atoms with E-state index in [2.05, 4.69) is 31.5 Å². The maximum atomic E-state index is 12.7. The molecule has 27 heavy (non-hydrogen) atoms. The molecule has 0 bridgehead atoms. The van der Waals surface area contributed by atoms with E-state index in [0.717, 1.165) is 21.1 Å². The number of aromatic nitrogens is 1. The van der Waals surface area contributed by atoms with Crippen LogP contribution in [0.15, 0.2) is 34.8 Å². The van der Waals surface area contributed by atoms with Gasteiger partial charge in [0.2, 0.25) is 11.8 Å². The highest BCUT2D eigenvalue weighted by Crippen LogP contribution is 2.20. The first-order chi connectivity index (χ1) is 12.8. The molecule has 2 amide bonds. The molecule has 3 atom stereocenters. The standard InChI is InChI=1S/C19H24BrN5O2/c1-11(21)19(27)25-8-7-22-17(10-25)18(26)23-12(2)15-6-4-13-3-5-14(20)9-16(13)24-15/h3-6,9,11-12,17,22H,7-8,10,21H2,1-2H3,(H,23,26)/t11-,12+,17-/m0/s1. The Kier molecular flexibility index (Phi) is 6.08. The Morgan fingerprint density at radius 3 is 2.81 bits per heavy atom. The molecule has 1 aliphatic rings. The van der Waals surface area contributed by atoms with E-state index in [0.29, 0.717) is 19.6 Å². The van der Waals surface area contributed by atoms with E-state index in [9.17, 15) is 9.59 Å². The van der Waals surface area contributed by atoms with E-state index < -0.39 is 12.1 Å². The minimum Gasteiger partial charge on any atom is -0.347 e. The molecule has 1 aromatic heterocycles. The van der Waals surface area contributed by atoms with Crippen LogP contribution in [0.25, 0.3) is 10.9 Å². The van der Waals surface area contributed by atoms with Crippen LogP contribution >= 0.6 is 15.9 Å². The van der Waals surface area contributed by atoms with Crippen molar-refractivity contribution in [2.24, 2.45) is 5.73 Å². The topological polar surface area (TPSA) is 100 Å². The molecule has 0 saturated carbocycles. The van der Waals surface area contributed by atoms with E-state index in [1.807, 2.05) is 37.3 Å². The van der Waals surface area contributed by atoms with Crippen molar-refractivity contribution in [2.75, 3.05) is 19.6 Å². The average Bonchev–Trinajstić information content (AvgIpc) is 2.66. The van der Waals surface area contributed by atoms with Gasteiger partial charge in [-0.15, -0.1) is 0 Å². The van der Waals surface area contributed by atoms with Gasteiger partial charge in [0.1, 0.15) is 6.04 Å². The molecule has 1 fully saturated rings. The zero-order chi connectivity index (χ0) is 19.6. The van der Waals surface area contributed by atoms with Crippen LogP contribution in [0, 0.1) is 0 Å². The zero-order valence-corrected chi connectivity index (χ0v) is 17.0. The van der Waals surface area contributed by atoms with Crippen molar-refractivity contribution in [1.29, 1.82) is 0 Å². The van der Waals surface area contributed by atoms with Gasteiger partial charge < -0.3 is 21.3 Å². The number of rotatable bonds is 4. The Bertz CT molecular complexity index is 857. The highest BCUT2D eigenvalue weighted by molar-refractivity contribution is 9.10. The summed E-state index contributed by atoms with van der Waals surface area (Å²) in [6.07, 6.45) is 0. The lowest BCUT2D eigenvalue weighted by Crippen LogP contribution is -2.60. The Hall–Kier alpha value is -2.03. The van der Waals surface area contributed by atoms with Crippen molar-refractivity contribution >= 4 is 38.6 Å². The molecule has 0 radical (unpaired) electrons. The summed E-state index contributed by atoms with van der Waals surface area (Å²) in [6.45, 7) is 4.99. The number of fused-ring (bicyclic) bond motifs is 1. The van der Waals surface area contributed by atoms with Crippen molar-refractivity contribution in [1.82, 2.24) is 20.5 Å². The molecular formula is C19H24BrN5O2. The Balaban J connectivity index is 1.67. The fourth-order valence-electron chi connectivity index (χ4n) is 3.15. The second-order valence-corrected chi connectivity index (χ2v) is 7.80. The third-order valence-electron chi connectivity index (χ3n) is 4.67. The first-order valence-electron chi connectivity index (χ1n) is 8.99. The van der Waals surface area contributed by atoms with Gasteiger partial charge in [-0.25, -0.2) is 0 Å². The summed E-state index contributed by atoms with van der Waals surface area (Å²) in [7, 11) is 0. The van der Waals surface area contributed by atoms with Crippen LogP contribution in [0.4, 0.5) is 0 Å². The minimum absolute atomic E-state index is 0.135. The normalized spacial score (nSPS) is 19.6. The first kappa shape index (κ1) is 19.7. The fourth-order valence-corrected chi connectivity index (χ4v) is 3.50. The number of hydrogen-bond donors (Lipinski definition) is 3. The van der Waals surface area contributed by atoms with Crippen molar-refractivity contribution in [2.45, 2.75) is 32.0 Å². The highest BCUT2D eigenvalue weighted by atomic mass is 79.9. The lowest BCUT2D eigenvalue weighted by molar-refractivity contribution is -0.135. The molecule has 1 aromatic carbocycles. The molecule has 7 nitrogen and oxygen atoms in total. The number of piperazine rings is 1. The summed E-state index contributed by atoms with van der Waals surface area (Å²) in [6, 6.07) is 8.56. The smallest absolute Gasteiger partial charge is 0.239 e. The van der Waals surface area contributed by atoms with Gasteiger partial charge in [-0.2, -0.15) is 0 Å². The van der Waals surface area contributed by atoms with Crippen LogP contribution in [-0.4, -0.2) is 53.4 Å². The number of benzene rings is 1. The number of halogens is 1. The molecule has 0 unspecified atom stereocenters. The van der Waals surface area contributed by atoms with E-state index in [1.165, 1.54) is 0 Å². The molecule has 0 spiro atoms. The van der Waals surface area contributed by atoms with Crippen LogP contribution in [0.2, 0.25) is 0 Å². The number of amides is 2. The summed E-state index contributed by atoms with van der Waals surface area (Å²) in [5, 5.41) is 7.19. The van der Waals surface area contributed by atoms with Gasteiger partial charge in [-0.05, 0) is 32.0 Å². The lowest BCUT2D eigenvalue weighted by atomic mass is 10.1. The van der Waals surface area contributed by atoms with Gasteiger partial charge >= 0.3 is 0 Å². The largest absolute Gasteiger partial charge is 0.347 e. The number of pyridine rings is 1. The van der Waals surface area contributed by atoms with Gasteiger partial charge in [0.05, 0.1) is 23.3 Å². The lowest BCUT2D eigenvalue weighted by Gasteiger charge is -2.34. The molecule has 8 heteroatoms. The van der Waals surface area contributed by atoms with Crippen molar-refractivity contribution < 1.29 is 9.59 Å². The predicted octanol–water partition coefficient (Wildman–Crippen LogP) is 1.32. The maximum Gasteiger partial charge on any atom is 0.239 e. The summed E-state index contributed by atoms with van der Waals surface area (Å²) in [5.74, 6) is -0.287. The molecule has 144 valence electrons. The summed E-state index contributed by atoms with van der Waals surface area (Å²) >= 11 is 3.45. The van der Waals surface area contributed by atoms with Crippen LogP contribution < -0.4 is 16.4 Å². The molecule has 2 aromatic rings. The Morgan fingerprint density at radius 1 is 1.33 bits per heavy atom. The van der Waals surface area contributed by atoms with Gasteiger partial charge in [0.15, 0.2) is 0 Å². The summed E-state index contributed by atoms with van der Waals surface area (Å²) in [5.41, 5.74) is 7.33. The Labute approximate surface area is 166 Å². The second-order valence-electron chi connectivity index (χ2n) is 6.88. The molecule has 1 saturated heterocycles. The SMILES string of the molecule is C[C@H](N)C(=O)N1CCN[C@H](C(=O)N[C@H](C)c2ccc3ccc(Br)cc3n2)C1. The van der Waals surface area contributed by atoms with E-state index in [4.69, 9.17) is 5.73 Å². The maximum absolute atomic E-state index is 12.7. The van der Waals surface area contributed by atoms with Gasteiger partial charge in [-0.3, -0.25) is 14.6 Å². The summed E-state index contributed by atoms with van der Waals surface area (Å²) < 4.78 is 0.960. The van der Waals surface area contributed by atoms with Crippen LogP contribution in [0.5, 0.6) is 0 Å². The molecule has 3 rings (SSSR count). The van der Waals surface area contributed by atoms with Crippen molar-refractivity contribution in [3.63, 3.8) is 0 Å². The van der Waals surface area contributed by atoms with Crippen molar-refractivity contribution in [3.05, 3.63) is 40.5 Å². The zero-order valence-electron chi connectivity index (χ0n) is 15.4. The number of nitrogens with one attached hydrogen (secondary N) is 2. The minimum atomic E-state index is -0.563. The van der Waals surface area contributed by atoms with E-state index in [1.54, 1.807) is 11.8 Å². The molecule has 2 heterocycles. The predicted molar refractivity (Wildman–Crippen MR) is 108 cm³/mol. The third-order valence-corrected chi connectivity index (χ3v) is 5.16. The van der Waals surface area contributed by atoms with Gasteiger partial charge in [-0.1, -0.05) is 28.1 Å². The number of carbonyl (C=O) groups excluding carboxylic acids is 2. The third kappa shape index (κ3) is 4.63. The Morgan fingerprint density at radius 2 is 2.07 bits per heavy atom. The van der Waals surface area contributed by atoms with Gasteiger partial charge in [0, 0.05) is 29.5 Å². The first-order valence-corrected chi connectivity index (χ1v) is 9.79. The highest BCUT2D eigenvalue weighted by Gasteiger charge is 2.29. The fraction of sp³-hybridized carbons (Fsp3) is 0.421. The average molecular weight is 434 g/mol. The van der Waals surface area contributed by atoms with Crippen LogP contribution in [0.1, 0.15) is 25.6 Å².